The third-order valence-electron chi connectivity index (χ3n) is 0.713. The molecule has 0 radical (unpaired) electrons. The highest BCUT2D eigenvalue weighted by molar-refractivity contribution is 5.15. The van der Waals surface area contributed by atoms with Gasteiger partial charge in [0.05, 0.1) is 5.70 Å². The van der Waals surface area contributed by atoms with E-state index in [2.05, 4.69) is 16.8 Å². The summed E-state index contributed by atoms with van der Waals surface area (Å²) in [6, 6.07) is 0. The van der Waals surface area contributed by atoms with Gasteiger partial charge in [-0.1, -0.05) is 12.2 Å². The van der Waals surface area contributed by atoms with Crippen LogP contribution in [0.25, 0.3) is 0 Å². The Bertz CT molecular complexity index is 154. The summed E-state index contributed by atoms with van der Waals surface area (Å²) in [4.78, 5) is 0. The summed E-state index contributed by atoms with van der Waals surface area (Å²) in [5, 5.41) is 7.39. The molecule has 0 N–H and O–H groups in total. The van der Waals surface area contributed by atoms with Crippen LogP contribution in [0.2, 0.25) is 0 Å². The highest BCUT2D eigenvalue weighted by Crippen LogP contribution is 1.99. The van der Waals surface area contributed by atoms with E-state index in [4.69, 9.17) is 0 Å². The lowest BCUT2D eigenvalue weighted by Crippen LogP contribution is -1.68. The molecule has 0 aliphatic carbocycles. The molecule has 2 nitrogen and oxygen atoms in total. The zero-order valence-electron chi connectivity index (χ0n) is 6.18. The Labute approximate surface area is 56.0 Å². The minimum Gasteiger partial charge on any atom is -0.192 e. The normalized spacial score (nSPS) is 12.6. The van der Waals surface area contributed by atoms with Crippen LogP contribution >= 0.6 is 0 Å². The minimum atomic E-state index is 0.894. The van der Waals surface area contributed by atoms with Gasteiger partial charge < -0.3 is 0 Å². The fourth-order valence-electron chi connectivity index (χ4n) is 0.543. The Morgan fingerprint density at radius 1 is 1.44 bits per heavy atom. The molecule has 0 aliphatic heterocycles. The first-order valence-corrected chi connectivity index (χ1v) is 2.80. The van der Waals surface area contributed by atoms with E-state index in [1.807, 2.05) is 19.9 Å². The van der Waals surface area contributed by atoms with Crippen molar-refractivity contribution in [1.82, 2.24) is 0 Å². The first-order valence-electron chi connectivity index (χ1n) is 2.80. The second-order valence-corrected chi connectivity index (χ2v) is 1.93. The van der Waals surface area contributed by atoms with Gasteiger partial charge in [0.2, 0.25) is 0 Å². The van der Waals surface area contributed by atoms with Gasteiger partial charge in [0.15, 0.2) is 0 Å². The molecule has 0 aromatic carbocycles. The smallest absolute Gasteiger partial charge is 0.0597 e. The third kappa shape index (κ3) is 4.94. The van der Waals surface area contributed by atoms with E-state index >= 15 is 0 Å². The fourth-order valence-corrected chi connectivity index (χ4v) is 0.543. The molecular weight excluding hydrogens is 112 g/mol. The maximum Gasteiger partial charge on any atom is 0.0597 e. The molecule has 0 fully saturated rings. The predicted octanol–water partition coefficient (Wildman–Crippen LogP) is 2.55. The van der Waals surface area contributed by atoms with Crippen LogP contribution in [0.15, 0.2) is 34.2 Å². The van der Waals surface area contributed by atoms with Gasteiger partial charge in [0.25, 0.3) is 0 Å². The van der Waals surface area contributed by atoms with Crippen LogP contribution in [-0.2, 0) is 0 Å². The molecule has 0 amide bonds. The molecule has 0 atom stereocenters. The average Bonchev–Trinajstić information content (AvgIpc) is 1.63. The second kappa shape index (κ2) is 4.01. The van der Waals surface area contributed by atoms with Gasteiger partial charge in [-0.15, -0.1) is 0 Å². The molecule has 2 heteroatoms. The predicted molar refractivity (Wildman–Crippen MR) is 39.4 cm³/mol. The molecule has 0 rings (SSSR count). The van der Waals surface area contributed by atoms with Gasteiger partial charge in [-0.2, -0.15) is 10.2 Å². The SMILES string of the molecule is C=C(C)/C=C(/C)N=NC. The van der Waals surface area contributed by atoms with Crippen LogP contribution in [0.5, 0.6) is 0 Å². The van der Waals surface area contributed by atoms with E-state index in [1.165, 1.54) is 0 Å². The summed E-state index contributed by atoms with van der Waals surface area (Å²) < 4.78 is 0. The molecule has 0 spiro atoms. The monoisotopic (exact) mass is 124 g/mol. The number of hydrogen-bond donors (Lipinski definition) is 0. The Kier molecular flexibility index (Phi) is 3.60. The van der Waals surface area contributed by atoms with Crippen molar-refractivity contribution in [3.05, 3.63) is 23.9 Å². The standard InChI is InChI=1S/C7H12N2/c1-6(2)5-7(3)9-8-4/h5H,1H2,2-4H3/b7-5-,9-8?. The third-order valence-corrected chi connectivity index (χ3v) is 0.713. The van der Waals surface area contributed by atoms with Gasteiger partial charge in [-0.3, -0.25) is 0 Å². The van der Waals surface area contributed by atoms with Crippen molar-refractivity contribution in [3.63, 3.8) is 0 Å². The molecule has 0 bridgehead atoms. The van der Waals surface area contributed by atoms with E-state index in [9.17, 15) is 0 Å². The first-order chi connectivity index (χ1) is 4.16. The highest BCUT2D eigenvalue weighted by atomic mass is 15.1. The topological polar surface area (TPSA) is 24.7 Å². The van der Waals surface area contributed by atoms with Crippen LogP contribution in [0.4, 0.5) is 0 Å². The van der Waals surface area contributed by atoms with Crippen molar-refractivity contribution in [1.29, 1.82) is 0 Å². The maximum atomic E-state index is 3.79. The van der Waals surface area contributed by atoms with E-state index < -0.39 is 0 Å². The number of hydrogen-bond acceptors (Lipinski definition) is 2. The van der Waals surface area contributed by atoms with Crippen LogP contribution < -0.4 is 0 Å². The Morgan fingerprint density at radius 3 is 2.33 bits per heavy atom. The summed E-state index contributed by atoms with van der Waals surface area (Å²) in [7, 11) is 1.65. The minimum absolute atomic E-state index is 0.894. The fraction of sp³-hybridized carbons (Fsp3) is 0.429. The maximum absolute atomic E-state index is 3.79. The molecule has 0 saturated carbocycles. The summed E-state index contributed by atoms with van der Waals surface area (Å²) in [5.41, 5.74) is 1.89. The van der Waals surface area contributed by atoms with E-state index in [1.54, 1.807) is 7.05 Å². The van der Waals surface area contributed by atoms with E-state index in [0.29, 0.717) is 0 Å². The summed E-state index contributed by atoms with van der Waals surface area (Å²) >= 11 is 0. The van der Waals surface area contributed by atoms with E-state index in [-0.39, 0.29) is 0 Å². The van der Waals surface area contributed by atoms with Crippen molar-refractivity contribution in [3.8, 4) is 0 Å². The number of rotatable bonds is 2. The molecule has 0 aromatic heterocycles. The van der Waals surface area contributed by atoms with Crippen LogP contribution in [0.3, 0.4) is 0 Å². The van der Waals surface area contributed by atoms with Crippen LogP contribution in [-0.4, -0.2) is 7.05 Å². The molecule has 0 aromatic rings. The van der Waals surface area contributed by atoms with Crippen molar-refractivity contribution < 1.29 is 0 Å². The number of allylic oxidation sites excluding steroid dienone is 3. The van der Waals surface area contributed by atoms with Crippen molar-refractivity contribution in [2.24, 2.45) is 10.2 Å². The highest BCUT2D eigenvalue weighted by Gasteiger charge is 1.80. The molecule has 0 saturated heterocycles. The van der Waals surface area contributed by atoms with Crippen LogP contribution in [0.1, 0.15) is 13.8 Å². The van der Waals surface area contributed by atoms with E-state index in [0.717, 1.165) is 11.3 Å². The molecule has 0 aliphatic rings. The lowest BCUT2D eigenvalue weighted by atomic mass is 10.3. The summed E-state index contributed by atoms with van der Waals surface area (Å²) in [5.74, 6) is 0. The van der Waals surface area contributed by atoms with Gasteiger partial charge in [-0.05, 0) is 19.9 Å². The zero-order chi connectivity index (χ0) is 7.28. The van der Waals surface area contributed by atoms with Crippen molar-refractivity contribution in [2.75, 3.05) is 7.05 Å². The molecular formula is C7H12N2. The lowest BCUT2D eigenvalue weighted by Gasteiger charge is -1.87. The van der Waals surface area contributed by atoms with Gasteiger partial charge in [0, 0.05) is 7.05 Å². The second-order valence-electron chi connectivity index (χ2n) is 1.93. The van der Waals surface area contributed by atoms with Crippen molar-refractivity contribution in [2.45, 2.75) is 13.8 Å². The molecule has 50 valence electrons. The Balaban J connectivity index is 4.00. The van der Waals surface area contributed by atoms with Gasteiger partial charge in [0.1, 0.15) is 0 Å². The van der Waals surface area contributed by atoms with Gasteiger partial charge in [-0.25, -0.2) is 0 Å². The van der Waals surface area contributed by atoms with Crippen LogP contribution in [0, 0.1) is 0 Å². The first kappa shape index (κ1) is 8.08. The van der Waals surface area contributed by atoms with Gasteiger partial charge >= 0.3 is 0 Å². The molecule has 0 unspecified atom stereocenters. The molecule has 0 heterocycles. The largest absolute Gasteiger partial charge is 0.192 e. The quantitative estimate of drug-likeness (QED) is 0.399. The Morgan fingerprint density at radius 2 is 2.00 bits per heavy atom. The summed E-state index contributed by atoms with van der Waals surface area (Å²) in [6.07, 6.45) is 1.88. The lowest BCUT2D eigenvalue weighted by molar-refractivity contribution is 1.08. The molecule has 9 heavy (non-hydrogen) atoms. The number of nitrogens with zero attached hydrogens (tertiary/aromatic N) is 2. The average molecular weight is 124 g/mol. The number of azo groups is 1. The summed E-state index contributed by atoms with van der Waals surface area (Å²) in [6.45, 7) is 7.52. The Hall–Kier alpha value is -0.920. The zero-order valence-corrected chi connectivity index (χ0v) is 6.18. The van der Waals surface area contributed by atoms with Crippen molar-refractivity contribution >= 4 is 0 Å².